The lowest BCUT2D eigenvalue weighted by Crippen LogP contribution is -2.72. The molecule has 3 aliphatic rings. The van der Waals surface area contributed by atoms with E-state index in [1.807, 2.05) is 0 Å². The molecule has 2 nitrogen and oxygen atoms in total. The van der Waals surface area contributed by atoms with E-state index in [0.717, 1.165) is 13.1 Å². The van der Waals surface area contributed by atoms with Crippen LogP contribution < -0.4 is 10.2 Å². The Morgan fingerprint density at radius 1 is 0.500 bits per heavy atom. The predicted molar refractivity (Wildman–Crippen MR) is 155 cm³/mol. The summed E-state index contributed by atoms with van der Waals surface area (Å²) in [7, 11) is 0. The van der Waals surface area contributed by atoms with Crippen molar-refractivity contribution in [2.24, 2.45) is 0 Å². The molecule has 0 aromatic heterocycles. The number of fused-ring (bicyclic) bond motifs is 2. The molecule has 0 atom stereocenters. The van der Waals surface area contributed by atoms with Crippen molar-refractivity contribution < 1.29 is 0 Å². The lowest BCUT2D eigenvalue weighted by atomic mass is 9.72. The van der Waals surface area contributed by atoms with E-state index in [0.29, 0.717) is 0 Å². The molecule has 8 rings (SSSR count). The monoisotopic (exact) mass is 472 g/mol. The Labute approximate surface area is 214 Å². The Balaban J connectivity index is 1.41. The van der Waals surface area contributed by atoms with Crippen molar-refractivity contribution in [3.05, 3.63) is 66.7 Å². The number of nitrogens with zero attached hydrogens (tertiary/aromatic N) is 1. The first-order valence-corrected chi connectivity index (χ1v) is 14.4. The summed E-state index contributed by atoms with van der Waals surface area (Å²) in [5, 5.41) is 15.7. The summed E-state index contributed by atoms with van der Waals surface area (Å²) in [6, 6.07) is 25.5. The van der Waals surface area contributed by atoms with Crippen LogP contribution >= 0.6 is 0 Å². The molecule has 5 aromatic rings. The molecule has 5 aromatic carbocycles. The van der Waals surface area contributed by atoms with E-state index in [9.17, 15) is 0 Å². The standard InChI is InChI=1S/C34H36N2/c1-3-18-33(19-4-1)22-36(23-34(35-33)20-5-2-6-21-34)29-17-16-25-12-8-14-27-26-13-7-10-24-11-9-15-28(30(24)26)32(29)31(25)27/h7-17,35H,1-6,18-23H2. The minimum atomic E-state index is 0.271. The third-order valence-electron chi connectivity index (χ3n) is 9.97. The smallest absolute Gasteiger partial charge is 0.0454 e. The molecular weight excluding hydrogens is 436 g/mol. The van der Waals surface area contributed by atoms with E-state index in [1.165, 1.54) is 113 Å². The van der Waals surface area contributed by atoms with Crippen molar-refractivity contribution in [1.29, 1.82) is 0 Å². The Bertz CT molecular complexity index is 1550. The summed E-state index contributed by atoms with van der Waals surface area (Å²) in [6.07, 6.45) is 13.6. The van der Waals surface area contributed by atoms with Gasteiger partial charge in [0.05, 0.1) is 0 Å². The molecule has 0 unspecified atom stereocenters. The molecule has 0 amide bonds. The van der Waals surface area contributed by atoms with Crippen LogP contribution in [0.2, 0.25) is 0 Å². The molecule has 0 radical (unpaired) electrons. The van der Waals surface area contributed by atoms with Gasteiger partial charge in [0.15, 0.2) is 0 Å². The first kappa shape index (κ1) is 21.3. The summed E-state index contributed by atoms with van der Waals surface area (Å²) in [5.74, 6) is 0. The largest absolute Gasteiger partial charge is 0.367 e. The average Bonchev–Trinajstić information content (AvgIpc) is 2.92. The van der Waals surface area contributed by atoms with Gasteiger partial charge in [-0.2, -0.15) is 0 Å². The minimum Gasteiger partial charge on any atom is -0.367 e. The summed E-state index contributed by atoms with van der Waals surface area (Å²) >= 11 is 0. The number of piperazine rings is 1. The van der Waals surface area contributed by atoms with E-state index in [-0.39, 0.29) is 11.1 Å². The van der Waals surface area contributed by atoms with Crippen LogP contribution in [-0.2, 0) is 0 Å². The number of hydrogen-bond donors (Lipinski definition) is 1. The van der Waals surface area contributed by atoms with Gasteiger partial charge in [-0.1, -0.05) is 99.2 Å². The molecule has 3 fully saturated rings. The molecule has 1 N–H and O–H groups in total. The van der Waals surface area contributed by atoms with E-state index in [1.54, 1.807) is 0 Å². The fraction of sp³-hybridized carbons (Fsp3) is 0.412. The van der Waals surface area contributed by atoms with Gasteiger partial charge in [0, 0.05) is 35.2 Å². The average molecular weight is 473 g/mol. The van der Waals surface area contributed by atoms with E-state index in [4.69, 9.17) is 0 Å². The maximum atomic E-state index is 4.38. The fourth-order valence-corrected chi connectivity index (χ4v) is 8.52. The van der Waals surface area contributed by atoms with Crippen molar-refractivity contribution >= 4 is 48.8 Å². The van der Waals surface area contributed by atoms with Crippen molar-refractivity contribution in [2.45, 2.75) is 75.3 Å². The van der Waals surface area contributed by atoms with Crippen LogP contribution in [0.3, 0.4) is 0 Å². The van der Waals surface area contributed by atoms with Crippen LogP contribution in [0.1, 0.15) is 64.2 Å². The zero-order valence-electron chi connectivity index (χ0n) is 21.3. The van der Waals surface area contributed by atoms with Gasteiger partial charge in [0.2, 0.25) is 0 Å². The number of rotatable bonds is 1. The second-order valence-corrected chi connectivity index (χ2v) is 12.2. The lowest BCUT2D eigenvalue weighted by Gasteiger charge is -2.57. The van der Waals surface area contributed by atoms with Crippen LogP contribution in [0.4, 0.5) is 5.69 Å². The molecule has 2 heteroatoms. The molecular formula is C34H36N2. The van der Waals surface area contributed by atoms with Gasteiger partial charge in [0.25, 0.3) is 0 Å². The summed E-state index contributed by atoms with van der Waals surface area (Å²) in [6.45, 7) is 2.29. The van der Waals surface area contributed by atoms with Gasteiger partial charge >= 0.3 is 0 Å². The highest BCUT2D eigenvalue weighted by Gasteiger charge is 2.47. The Hall–Kier alpha value is -2.84. The highest BCUT2D eigenvalue weighted by molar-refractivity contribution is 6.35. The summed E-state index contributed by atoms with van der Waals surface area (Å²) in [4.78, 5) is 2.84. The molecule has 2 saturated carbocycles. The minimum absolute atomic E-state index is 0.271. The maximum absolute atomic E-state index is 4.38. The van der Waals surface area contributed by atoms with Gasteiger partial charge in [-0.3, -0.25) is 0 Å². The Kier molecular flexibility index (Phi) is 4.62. The number of hydrogen-bond acceptors (Lipinski definition) is 2. The van der Waals surface area contributed by atoms with Gasteiger partial charge in [-0.25, -0.2) is 0 Å². The van der Waals surface area contributed by atoms with Crippen LogP contribution in [0.25, 0.3) is 43.1 Å². The van der Waals surface area contributed by atoms with Crippen molar-refractivity contribution in [3.8, 4) is 0 Å². The van der Waals surface area contributed by atoms with Crippen molar-refractivity contribution in [3.63, 3.8) is 0 Å². The van der Waals surface area contributed by atoms with Gasteiger partial charge < -0.3 is 10.2 Å². The van der Waals surface area contributed by atoms with Gasteiger partial charge in [-0.05, 0) is 69.5 Å². The fourth-order valence-electron chi connectivity index (χ4n) is 8.52. The molecule has 0 bridgehead atoms. The molecule has 182 valence electrons. The Morgan fingerprint density at radius 3 is 1.64 bits per heavy atom. The van der Waals surface area contributed by atoms with Crippen molar-refractivity contribution in [2.75, 3.05) is 18.0 Å². The second kappa shape index (κ2) is 7.83. The van der Waals surface area contributed by atoms with Crippen LogP contribution in [-0.4, -0.2) is 24.2 Å². The predicted octanol–water partition coefficient (Wildman–Crippen LogP) is 8.55. The molecule has 1 aliphatic heterocycles. The van der Waals surface area contributed by atoms with Gasteiger partial charge in [0.1, 0.15) is 0 Å². The molecule has 36 heavy (non-hydrogen) atoms. The SMILES string of the molecule is c1cc2cccc3c4c(N5CC6(CCCCC6)NC6(CCCCC6)C5)ccc5cccc(c(c1)c23)c54. The van der Waals surface area contributed by atoms with Crippen LogP contribution in [0.15, 0.2) is 66.7 Å². The highest BCUT2D eigenvalue weighted by atomic mass is 15.3. The first-order valence-electron chi connectivity index (χ1n) is 14.4. The van der Waals surface area contributed by atoms with Crippen molar-refractivity contribution in [1.82, 2.24) is 5.32 Å². The van der Waals surface area contributed by atoms with E-state index < -0.39 is 0 Å². The Morgan fingerprint density at radius 2 is 1.03 bits per heavy atom. The zero-order valence-corrected chi connectivity index (χ0v) is 21.3. The topological polar surface area (TPSA) is 15.3 Å². The van der Waals surface area contributed by atoms with Gasteiger partial charge in [-0.15, -0.1) is 0 Å². The number of anilines is 1. The maximum Gasteiger partial charge on any atom is 0.0454 e. The molecule has 2 aliphatic carbocycles. The van der Waals surface area contributed by atoms with E-state index in [2.05, 4.69) is 76.9 Å². The lowest BCUT2D eigenvalue weighted by molar-refractivity contribution is 0.0976. The summed E-state index contributed by atoms with van der Waals surface area (Å²) < 4.78 is 0. The highest BCUT2D eigenvalue weighted by Crippen LogP contribution is 2.47. The van der Waals surface area contributed by atoms with Crippen LogP contribution in [0.5, 0.6) is 0 Å². The number of benzene rings is 5. The first-order chi connectivity index (χ1) is 17.7. The summed E-state index contributed by atoms with van der Waals surface area (Å²) in [5.41, 5.74) is 2.01. The van der Waals surface area contributed by atoms with Crippen LogP contribution in [0, 0.1) is 0 Å². The van der Waals surface area contributed by atoms with E-state index >= 15 is 0 Å². The second-order valence-electron chi connectivity index (χ2n) is 12.2. The molecule has 1 saturated heterocycles. The normalized spacial score (nSPS) is 21.9. The quantitative estimate of drug-likeness (QED) is 0.194. The molecule has 2 spiro atoms. The zero-order chi connectivity index (χ0) is 23.7. The number of nitrogens with one attached hydrogen (secondary N) is 1. The third kappa shape index (κ3) is 3.07. The third-order valence-corrected chi connectivity index (χ3v) is 9.97. The molecule has 1 heterocycles.